The number of nitrogens with one attached hydrogen (secondary N) is 1. The van der Waals surface area contributed by atoms with Crippen LogP contribution in [0, 0.1) is 0 Å². The summed E-state index contributed by atoms with van der Waals surface area (Å²) < 4.78 is 5.78. The molecule has 0 saturated heterocycles. The fourth-order valence-corrected chi connectivity index (χ4v) is 1.72. The van der Waals surface area contributed by atoms with Gasteiger partial charge in [0.25, 0.3) is 0 Å². The van der Waals surface area contributed by atoms with Crippen molar-refractivity contribution < 1.29 is 9.57 Å². The summed E-state index contributed by atoms with van der Waals surface area (Å²) in [5, 5.41) is 0. The van der Waals surface area contributed by atoms with E-state index in [1.165, 1.54) is 5.56 Å². The molecule has 3 nitrogen and oxygen atoms in total. The summed E-state index contributed by atoms with van der Waals surface area (Å²) in [7, 11) is 0. The van der Waals surface area contributed by atoms with Gasteiger partial charge in [-0.1, -0.05) is 18.2 Å². The van der Waals surface area contributed by atoms with E-state index in [2.05, 4.69) is 11.5 Å². The number of rotatable bonds is 3. The molecule has 1 aliphatic heterocycles. The first kappa shape index (κ1) is 11.4. The number of fused-ring (bicyclic) bond motifs is 1. The lowest BCUT2D eigenvalue weighted by atomic mass is 10.1. The zero-order valence-electron chi connectivity index (χ0n) is 10.1. The van der Waals surface area contributed by atoms with E-state index in [0.29, 0.717) is 6.54 Å². The van der Waals surface area contributed by atoms with Crippen molar-refractivity contribution >= 4 is 0 Å². The molecule has 88 valence electrons. The Hall–Kier alpha value is -1.06. The maximum absolute atomic E-state index is 5.78. The Kier molecular flexibility index (Phi) is 3.17. The molecule has 3 heteroatoms. The van der Waals surface area contributed by atoms with Gasteiger partial charge in [-0.2, -0.15) is 5.48 Å². The topological polar surface area (TPSA) is 30.5 Å². The lowest BCUT2D eigenvalue weighted by Gasteiger charge is -2.20. The highest BCUT2D eigenvalue weighted by molar-refractivity contribution is 5.37. The molecule has 0 amide bonds. The number of benzene rings is 1. The molecule has 1 N–H and O–H groups in total. The standard InChI is InChI=1S/C13H19NO2/c1-13(2,3)16-14-9-11-8-10-6-4-5-7-12(10)15-11/h4-7,11,14H,8-9H2,1-3H3. The molecule has 0 aromatic heterocycles. The Balaban J connectivity index is 1.79. The molecular weight excluding hydrogens is 202 g/mol. The molecule has 1 atom stereocenters. The van der Waals surface area contributed by atoms with Crippen LogP contribution in [0.2, 0.25) is 0 Å². The fraction of sp³-hybridized carbons (Fsp3) is 0.538. The van der Waals surface area contributed by atoms with Crippen molar-refractivity contribution in [1.82, 2.24) is 5.48 Å². The largest absolute Gasteiger partial charge is 0.488 e. The number of hydroxylamine groups is 1. The van der Waals surface area contributed by atoms with Gasteiger partial charge >= 0.3 is 0 Å². The van der Waals surface area contributed by atoms with Gasteiger partial charge in [-0.05, 0) is 32.4 Å². The summed E-state index contributed by atoms with van der Waals surface area (Å²) in [6, 6.07) is 8.17. The molecule has 0 saturated carbocycles. The van der Waals surface area contributed by atoms with Crippen LogP contribution in [0.3, 0.4) is 0 Å². The van der Waals surface area contributed by atoms with Crippen LogP contribution in [-0.2, 0) is 11.3 Å². The summed E-state index contributed by atoms with van der Waals surface area (Å²) in [5.41, 5.74) is 4.10. The minimum atomic E-state index is -0.161. The molecule has 1 aromatic carbocycles. The van der Waals surface area contributed by atoms with Crippen molar-refractivity contribution in [2.75, 3.05) is 6.54 Å². The monoisotopic (exact) mass is 221 g/mol. The molecule has 1 aromatic rings. The van der Waals surface area contributed by atoms with Crippen LogP contribution in [0.15, 0.2) is 24.3 Å². The summed E-state index contributed by atoms with van der Waals surface area (Å²) in [6.45, 7) is 6.77. The number of ether oxygens (including phenoxy) is 1. The van der Waals surface area contributed by atoms with Crippen molar-refractivity contribution in [3.05, 3.63) is 29.8 Å². The van der Waals surface area contributed by atoms with Gasteiger partial charge in [-0.3, -0.25) is 4.84 Å². The first-order valence-corrected chi connectivity index (χ1v) is 5.70. The smallest absolute Gasteiger partial charge is 0.123 e. The highest BCUT2D eigenvalue weighted by Crippen LogP contribution is 2.27. The van der Waals surface area contributed by atoms with E-state index < -0.39 is 0 Å². The van der Waals surface area contributed by atoms with Crippen molar-refractivity contribution in [2.45, 2.75) is 38.9 Å². The molecular formula is C13H19NO2. The van der Waals surface area contributed by atoms with Gasteiger partial charge in [0, 0.05) is 6.42 Å². The Morgan fingerprint density at radius 1 is 1.38 bits per heavy atom. The highest BCUT2D eigenvalue weighted by Gasteiger charge is 2.22. The van der Waals surface area contributed by atoms with Crippen LogP contribution in [-0.4, -0.2) is 18.2 Å². The molecule has 1 aliphatic rings. The molecule has 0 aliphatic carbocycles. The van der Waals surface area contributed by atoms with E-state index in [-0.39, 0.29) is 11.7 Å². The molecule has 1 unspecified atom stereocenters. The predicted octanol–water partition coefficient (Wildman–Crippen LogP) is 2.31. The molecule has 2 rings (SSSR count). The van der Waals surface area contributed by atoms with E-state index in [1.54, 1.807) is 0 Å². The SMILES string of the molecule is CC(C)(C)ONCC1Cc2ccccc2O1. The second-order valence-corrected chi connectivity index (χ2v) is 5.11. The fourth-order valence-electron chi connectivity index (χ4n) is 1.72. The van der Waals surface area contributed by atoms with E-state index in [0.717, 1.165) is 12.2 Å². The summed E-state index contributed by atoms with van der Waals surface area (Å²) in [6.07, 6.45) is 1.14. The molecule has 0 fully saturated rings. The Morgan fingerprint density at radius 3 is 2.81 bits per heavy atom. The zero-order chi connectivity index (χ0) is 11.6. The van der Waals surface area contributed by atoms with Gasteiger partial charge < -0.3 is 4.74 Å². The minimum absolute atomic E-state index is 0.161. The Morgan fingerprint density at radius 2 is 2.12 bits per heavy atom. The van der Waals surface area contributed by atoms with Crippen LogP contribution in [0.5, 0.6) is 5.75 Å². The van der Waals surface area contributed by atoms with E-state index >= 15 is 0 Å². The lowest BCUT2D eigenvalue weighted by Crippen LogP contribution is -2.36. The summed E-state index contributed by atoms with van der Waals surface area (Å²) in [5.74, 6) is 1.00. The highest BCUT2D eigenvalue weighted by atomic mass is 16.7. The lowest BCUT2D eigenvalue weighted by molar-refractivity contribution is -0.0801. The minimum Gasteiger partial charge on any atom is -0.488 e. The molecule has 0 bridgehead atoms. The van der Waals surface area contributed by atoms with E-state index in [4.69, 9.17) is 9.57 Å². The number of para-hydroxylation sites is 1. The van der Waals surface area contributed by atoms with Crippen molar-refractivity contribution in [3.63, 3.8) is 0 Å². The average Bonchev–Trinajstić information content (AvgIpc) is 2.57. The van der Waals surface area contributed by atoms with Crippen LogP contribution < -0.4 is 10.2 Å². The van der Waals surface area contributed by atoms with Crippen LogP contribution in [0.1, 0.15) is 26.3 Å². The van der Waals surface area contributed by atoms with Gasteiger partial charge in [0.2, 0.25) is 0 Å². The van der Waals surface area contributed by atoms with Crippen LogP contribution in [0.25, 0.3) is 0 Å². The van der Waals surface area contributed by atoms with Gasteiger partial charge in [-0.15, -0.1) is 0 Å². The predicted molar refractivity (Wildman–Crippen MR) is 63.4 cm³/mol. The molecule has 0 spiro atoms. The van der Waals surface area contributed by atoms with Gasteiger partial charge in [0.05, 0.1) is 12.1 Å². The molecule has 16 heavy (non-hydrogen) atoms. The van der Waals surface area contributed by atoms with Crippen LogP contribution >= 0.6 is 0 Å². The van der Waals surface area contributed by atoms with E-state index in [9.17, 15) is 0 Å². The third-order valence-electron chi connectivity index (χ3n) is 2.40. The Bertz CT molecular complexity index is 332. The second-order valence-electron chi connectivity index (χ2n) is 5.11. The van der Waals surface area contributed by atoms with Crippen LogP contribution in [0.4, 0.5) is 0 Å². The zero-order valence-corrected chi connectivity index (χ0v) is 10.1. The third kappa shape index (κ3) is 2.97. The second kappa shape index (κ2) is 4.44. The summed E-state index contributed by atoms with van der Waals surface area (Å²) in [4.78, 5) is 5.46. The Labute approximate surface area is 96.7 Å². The van der Waals surface area contributed by atoms with Gasteiger partial charge in [0.15, 0.2) is 0 Å². The maximum atomic E-state index is 5.78. The van der Waals surface area contributed by atoms with Gasteiger partial charge in [0.1, 0.15) is 11.9 Å². The summed E-state index contributed by atoms with van der Waals surface area (Å²) >= 11 is 0. The first-order chi connectivity index (χ1) is 7.54. The van der Waals surface area contributed by atoms with Crippen molar-refractivity contribution in [3.8, 4) is 5.75 Å². The average molecular weight is 221 g/mol. The van der Waals surface area contributed by atoms with Crippen molar-refractivity contribution in [2.24, 2.45) is 0 Å². The quantitative estimate of drug-likeness (QED) is 0.794. The van der Waals surface area contributed by atoms with E-state index in [1.807, 2.05) is 39.0 Å². The maximum Gasteiger partial charge on any atom is 0.123 e. The van der Waals surface area contributed by atoms with Gasteiger partial charge in [-0.25, -0.2) is 0 Å². The molecule has 0 radical (unpaired) electrons. The normalized spacial score (nSPS) is 19.3. The number of hydrogen-bond donors (Lipinski definition) is 1. The number of hydrogen-bond acceptors (Lipinski definition) is 3. The molecule has 1 heterocycles. The third-order valence-corrected chi connectivity index (χ3v) is 2.40. The van der Waals surface area contributed by atoms with Crippen molar-refractivity contribution in [1.29, 1.82) is 0 Å². The first-order valence-electron chi connectivity index (χ1n) is 5.70.